The molecule has 2 rings (SSSR count). The second-order valence-electron chi connectivity index (χ2n) is 5.48. The SMILES string of the molecule is COc1ccc(C(CN)N2CCCN(CCO)CC2)cc1. The van der Waals surface area contributed by atoms with Crippen molar-refractivity contribution in [1.82, 2.24) is 9.80 Å². The van der Waals surface area contributed by atoms with Gasteiger partial charge in [0.25, 0.3) is 0 Å². The van der Waals surface area contributed by atoms with Crippen molar-refractivity contribution in [2.75, 3.05) is 53.0 Å². The van der Waals surface area contributed by atoms with E-state index < -0.39 is 0 Å². The van der Waals surface area contributed by atoms with Crippen LogP contribution in [0.25, 0.3) is 0 Å². The molecule has 1 aliphatic heterocycles. The highest BCUT2D eigenvalue weighted by Crippen LogP contribution is 2.23. The average molecular weight is 293 g/mol. The maximum Gasteiger partial charge on any atom is 0.118 e. The zero-order chi connectivity index (χ0) is 15.1. The average Bonchev–Trinajstić information content (AvgIpc) is 2.75. The van der Waals surface area contributed by atoms with Crippen molar-refractivity contribution in [3.05, 3.63) is 29.8 Å². The zero-order valence-corrected chi connectivity index (χ0v) is 12.9. The molecule has 5 nitrogen and oxygen atoms in total. The van der Waals surface area contributed by atoms with Crippen LogP contribution < -0.4 is 10.5 Å². The van der Waals surface area contributed by atoms with E-state index in [1.54, 1.807) is 7.11 Å². The highest BCUT2D eigenvalue weighted by atomic mass is 16.5. The van der Waals surface area contributed by atoms with Gasteiger partial charge in [-0.25, -0.2) is 0 Å². The van der Waals surface area contributed by atoms with Gasteiger partial charge in [-0.15, -0.1) is 0 Å². The molecule has 1 aromatic carbocycles. The molecule has 1 unspecified atom stereocenters. The summed E-state index contributed by atoms with van der Waals surface area (Å²) in [5.41, 5.74) is 7.27. The van der Waals surface area contributed by atoms with E-state index in [0.29, 0.717) is 6.54 Å². The Hall–Kier alpha value is -1.14. The Morgan fingerprint density at radius 1 is 1.19 bits per heavy atom. The van der Waals surface area contributed by atoms with Crippen LogP contribution in [-0.2, 0) is 0 Å². The summed E-state index contributed by atoms with van der Waals surface area (Å²) in [6.07, 6.45) is 1.12. The highest BCUT2D eigenvalue weighted by Gasteiger charge is 2.22. The molecule has 5 heteroatoms. The molecule has 1 atom stereocenters. The maximum atomic E-state index is 9.07. The van der Waals surface area contributed by atoms with Crippen LogP contribution in [0.3, 0.4) is 0 Å². The van der Waals surface area contributed by atoms with Crippen LogP contribution in [0.1, 0.15) is 18.0 Å². The van der Waals surface area contributed by atoms with Crippen LogP contribution in [-0.4, -0.2) is 67.9 Å². The van der Waals surface area contributed by atoms with E-state index in [2.05, 4.69) is 21.9 Å². The minimum Gasteiger partial charge on any atom is -0.497 e. The molecule has 0 spiro atoms. The number of nitrogens with two attached hydrogens (primary N) is 1. The Kier molecular flexibility index (Phi) is 6.45. The number of aliphatic hydroxyl groups excluding tert-OH is 1. The Balaban J connectivity index is 2.02. The summed E-state index contributed by atoms with van der Waals surface area (Å²) >= 11 is 0. The fourth-order valence-electron chi connectivity index (χ4n) is 2.99. The van der Waals surface area contributed by atoms with Gasteiger partial charge in [-0.05, 0) is 30.7 Å². The van der Waals surface area contributed by atoms with Crippen LogP contribution in [0.5, 0.6) is 5.75 Å². The van der Waals surface area contributed by atoms with Crippen LogP contribution in [0, 0.1) is 0 Å². The number of rotatable bonds is 6. The van der Waals surface area contributed by atoms with Crippen LogP contribution in [0.15, 0.2) is 24.3 Å². The molecule has 0 aliphatic carbocycles. The third-order valence-corrected chi connectivity index (χ3v) is 4.20. The number of β-amino-alcohol motifs (C(OH)–C–C–N with tert-alkyl or cyclic N) is 1. The normalized spacial score (nSPS) is 19.2. The lowest BCUT2D eigenvalue weighted by atomic mass is 10.0. The van der Waals surface area contributed by atoms with Crippen LogP contribution in [0.2, 0.25) is 0 Å². The van der Waals surface area contributed by atoms with Crippen molar-refractivity contribution in [3.8, 4) is 5.75 Å². The van der Waals surface area contributed by atoms with Gasteiger partial charge in [-0.2, -0.15) is 0 Å². The van der Waals surface area contributed by atoms with Crippen molar-refractivity contribution < 1.29 is 9.84 Å². The second kappa shape index (κ2) is 8.34. The molecule has 1 heterocycles. The Morgan fingerprint density at radius 3 is 2.57 bits per heavy atom. The van der Waals surface area contributed by atoms with Crippen molar-refractivity contribution in [2.24, 2.45) is 5.73 Å². The molecule has 0 aromatic heterocycles. The topological polar surface area (TPSA) is 62.0 Å². The zero-order valence-electron chi connectivity index (χ0n) is 12.9. The lowest BCUT2D eigenvalue weighted by Gasteiger charge is -2.30. The smallest absolute Gasteiger partial charge is 0.118 e. The summed E-state index contributed by atoms with van der Waals surface area (Å²) in [5.74, 6) is 0.875. The predicted molar refractivity (Wildman–Crippen MR) is 84.5 cm³/mol. The molecule has 0 saturated carbocycles. The third-order valence-electron chi connectivity index (χ3n) is 4.20. The summed E-state index contributed by atoms with van der Waals surface area (Å²) in [6, 6.07) is 8.45. The van der Waals surface area contributed by atoms with Gasteiger partial charge < -0.3 is 15.6 Å². The van der Waals surface area contributed by atoms with Gasteiger partial charge in [0.2, 0.25) is 0 Å². The highest BCUT2D eigenvalue weighted by molar-refractivity contribution is 5.29. The lowest BCUT2D eigenvalue weighted by Crippen LogP contribution is -2.37. The number of nitrogens with zero attached hydrogens (tertiary/aromatic N) is 2. The lowest BCUT2D eigenvalue weighted by molar-refractivity contribution is 0.182. The molecule has 1 aliphatic rings. The monoisotopic (exact) mass is 293 g/mol. The number of methoxy groups -OCH3 is 1. The molecule has 118 valence electrons. The van der Waals surface area contributed by atoms with Crippen LogP contribution in [0.4, 0.5) is 0 Å². The van der Waals surface area contributed by atoms with Gasteiger partial charge in [-0.3, -0.25) is 9.80 Å². The molecule has 0 amide bonds. The molecule has 1 fully saturated rings. The first kappa shape index (κ1) is 16.2. The molecule has 0 bridgehead atoms. The number of aliphatic hydroxyl groups is 1. The Labute approximate surface area is 127 Å². The van der Waals surface area contributed by atoms with Crippen LogP contribution >= 0.6 is 0 Å². The van der Waals surface area contributed by atoms with E-state index >= 15 is 0 Å². The number of ether oxygens (including phenoxy) is 1. The van der Waals surface area contributed by atoms with Crippen molar-refractivity contribution in [2.45, 2.75) is 12.5 Å². The van der Waals surface area contributed by atoms with Crippen molar-refractivity contribution in [3.63, 3.8) is 0 Å². The van der Waals surface area contributed by atoms with Gasteiger partial charge in [0.15, 0.2) is 0 Å². The fraction of sp³-hybridized carbons (Fsp3) is 0.625. The van der Waals surface area contributed by atoms with Gasteiger partial charge in [0, 0.05) is 38.8 Å². The summed E-state index contributed by atoms with van der Waals surface area (Å²) in [4.78, 5) is 4.78. The summed E-state index contributed by atoms with van der Waals surface area (Å²) in [7, 11) is 1.68. The molecule has 1 saturated heterocycles. The van der Waals surface area contributed by atoms with Gasteiger partial charge in [-0.1, -0.05) is 12.1 Å². The summed E-state index contributed by atoms with van der Waals surface area (Å²) in [6.45, 7) is 5.71. The first-order valence-corrected chi connectivity index (χ1v) is 7.69. The maximum absolute atomic E-state index is 9.07. The molecule has 1 aromatic rings. The van der Waals surface area contributed by atoms with E-state index in [1.807, 2.05) is 12.1 Å². The summed E-state index contributed by atoms with van der Waals surface area (Å²) in [5, 5.41) is 9.07. The minimum atomic E-state index is 0.235. The van der Waals surface area contributed by atoms with Gasteiger partial charge in [0.1, 0.15) is 5.75 Å². The van der Waals surface area contributed by atoms with E-state index in [0.717, 1.165) is 44.9 Å². The number of hydrogen-bond acceptors (Lipinski definition) is 5. The molecule has 3 N–H and O–H groups in total. The van der Waals surface area contributed by atoms with E-state index in [-0.39, 0.29) is 12.6 Å². The fourth-order valence-corrected chi connectivity index (χ4v) is 2.99. The second-order valence-corrected chi connectivity index (χ2v) is 5.48. The first-order chi connectivity index (χ1) is 10.3. The largest absolute Gasteiger partial charge is 0.497 e. The standard InChI is InChI=1S/C16H27N3O2/c1-21-15-5-3-14(4-6-15)16(13-17)19-8-2-7-18(9-10-19)11-12-20/h3-6,16,20H,2,7-13,17H2,1H3. The number of hydrogen-bond donors (Lipinski definition) is 2. The first-order valence-electron chi connectivity index (χ1n) is 7.69. The third kappa shape index (κ3) is 4.41. The van der Waals surface area contributed by atoms with Crippen molar-refractivity contribution >= 4 is 0 Å². The Bertz CT molecular complexity index is 410. The molecule has 21 heavy (non-hydrogen) atoms. The van der Waals surface area contributed by atoms with Gasteiger partial charge in [0.05, 0.1) is 13.7 Å². The van der Waals surface area contributed by atoms with E-state index in [1.165, 1.54) is 5.56 Å². The minimum absolute atomic E-state index is 0.235. The van der Waals surface area contributed by atoms with E-state index in [9.17, 15) is 0 Å². The quantitative estimate of drug-likeness (QED) is 0.808. The molecular formula is C16H27N3O2. The molecular weight excluding hydrogens is 266 g/mol. The summed E-state index contributed by atoms with van der Waals surface area (Å²) < 4.78 is 5.21. The number of benzene rings is 1. The molecule has 0 radical (unpaired) electrons. The van der Waals surface area contributed by atoms with E-state index in [4.69, 9.17) is 15.6 Å². The Morgan fingerprint density at radius 2 is 1.95 bits per heavy atom. The predicted octanol–water partition coefficient (Wildman–Crippen LogP) is 0.695. The van der Waals surface area contributed by atoms with Gasteiger partial charge >= 0.3 is 0 Å². The van der Waals surface area contributed by atoms with Crippen molar-refractivity contribution in [1.29, 1.82) is 0 Å².